The lowest BCUT2D eigenvalue weighted by Crippen LogP contribution is -2.40. The normalized spacial score (nSPS) is 13.0. The molecular weight excluding hydrogens is 1200 g/mol. The number of unbranched alkanes of at least 4 members (excludes halogenated alkanes) is 49. The number of quaternary nitrogens is 1. The molecule has 0 saturated carbocycles. The van der Waals surface area contributed by atoms with Crippen LogP contribution in [-0.4, -0.2) is 87.4 Å². The summed E-state index contributed by atoms with van der Waals surface area (Å²) < 4.78 is 23.1. The van der Waals surface area contributed by atoms with E-state index < -0.39 is 18.4 Å². The van der Waals surface area contributed by atoms with Crippen molar-refractivity contribution in [2.75, 3.05) is 47.5 Å². The lowest BCUT2D eigenvalue weighted by molar-refractivity contribution is -0.870. The van der Waals surface area contributed by atoms with Crippen molar-refractivity contribution in [1.29, 1.82) is 0 Å². The van der Waals surface area contributed by atoms with Crippen molar-refractivity contribution in [3.63, 3.8) is 0 Å². The smallest absolute Gasteiger partial charge is 0.361 e. The van der Waals surface area contributed by atoms with E-state index in [1.54, 1.807) is 0 Å². The number of hydrogen-bond donors (Lipinski definition) is 1. The number of carboxylic acids is 1. The molecule has 0 aliphatic heterocycles. The lowest BCUT2D eigenvalue weighted by atomic mass is 10.0. The van der Waals surface area contributed by atoms with Crippen LogP contribution in [-0.2, 0) is 33.3 Å². The summed E-state index contributed by atoms with van der Waals surface area (Å²) in [6.45, 7) is 4.81. The Bertz CT molecular complexity index is 1870. The molecule has 0 bridgehead atoms. The van der Waals surface area contributed by atoms with E-state index in [9.17, 15) is 19.5 Å². The Morgan fingerprint density at radius 3 is 0.876 bits per heavy atom. The summed E-state index contributed by atoms with van der Waals surface area (Å²) in [5.74, 6) is -1.98. The third-order valence-corrected chi connectivity index (χ3v) is 18.6. The van der Waals surface area contributed by atoms with E-state index in [-0.39, 0.29) is 38.2 Å². The number of likely N-dealkylation sites (N-methyl/N-ethyl adjacent to an activating group) is 1. The number of carboxylic acid groups (broad SMARTS) is 1. The highest BCUT2D eigenvalue weighted by Crippen LogP contribution is 2.20. The SMILES string of the molecule is CC/C=C\C/C=C\C/C=C\C/C=C\CCCCCCCCCCCCCCCCCCCCCCCCCCCCCCC(=O)OC(COC(=O)CCCCCCCCCCCCCCCCCC/C=C\C/C=C\C/C=C\CCCCCCC)COC(OCC[N+](C)(C)C)C(=O)O. The molecule has 0 fully saturated rings. The molecule has 0 aliphatic rings. The minimum Gasteiger partial charge on any atom is -0.477 e. The van der Waals surface area contributed by atoms with Gasteiger partial charge in [-0.15, -0.1) is 0 Å². The van der Waals surface area contributed by atoms with Crippen molar-refractivity contribution in [2.24, 2.45) is 0 Å². The lowest BCUT2D eigenvalue weighted by Gasteiger charge is -2.25. The van der Waals surface area contributed by atoms with Crippen LogP contribution in [0.2, 0.25) is 0 Å². The molecule has 0 heterocycles. The first-order valence-electron chi connectivity index (χ1n) is 41.8. The Kier molecular flexibility index (Phi) is 75.3. The number of carbonyl (C=O) groups excluding carboxylic acids is 2. The predicted molar refractivity (Wildman–Crippen MR) is 419 cm³/mol. The molecule has 2 unspecified atom stereocenters. The number of esters is 2. The van der Waals surface area contributed by atoms with Crippen molar-refractivity contribution < 1.29 is 42.9 Å². The maximum absolute atomic E-state index is 13.0. The van der Waals surface area contributed by atoms with Crippen LogP contribution in [0.25, 0.3) is 0 Å². The monoisotopic (exact) mass is 1360 g/mol. The molecule has 1 N–H and O–H groups in total. The number of nitrogens with zero attached hydrogens (tertiary/aromatic N) is 1. The Labute approximate surface area is 601 Å². The Hall–Kier alpha value is -3.53. The molecule has 0 amide bonds. The predicted octanol–water partition coefficient (Wildman–Crippen LogP) is 26.9. The van der Waals surface area contributed by atoms with E-state index in [0.29, 0.717) is 17.4 Å². The minimum absolute atomic E-state index is 0.179. The summed E-state index contributed by atoms with van der Waals surface area (Å²) in [5.41, 5.74) is 0. The van der Waals surface area contributed by atoms with Crippen LogP contribution < -0.4 is 0 Å². The molecule has 0 aromatic heterocycles. The zero-order chi connectivity index (χ0) is 70.4. The molecule has 9 heteroatoms. The molecule has 0 saturated heterocycles. The van der Waals surface area contributed by atoms with Gasteiger partial charge in [-0.25, -0.2) is 4.79 Å². The van der Waals surface area contributed by atoms with Gasteiger partial charge in [-0.3, -0.25) is 9.59 Å². The summed E-state index contributed by atoms with van der Waals surface area (Å²) in [4.78, 5) is 37.8. The van der Waals surface area contributed by atoms with Crippen molar-refractivity contribution >= 4 is 17.9 Å². The first kappa shape index (κ1) is 93.5. The van der Waals surface area contributed by atoms with Crippen LogP contribution in [0.1, 0.15) is 399 Å². The fourth-order valence-corrected chi connectivity index (χ4v) is 12.3. The van der Waals surface area contributed by atoms with Gasteiger partial charge in [0.25, 0.3) is 6.29 Å². The van der Waals surface area contributed by atoms with E-state index in [4.69, 9.17) is 18.9 Å². The third-order valence-electron chi connectivity index (χ3n) is 18.6. The molecule has 0 aromatic carbocycles. The zero-order valence-corrected chi connectivity index (χ0v) is 64.7. The Morgan fingerprint density at radius 1 is 0.320 bits per heavy atom. The topological polar surface area (TPSA) is 108 Å². The average molecular weight is 1360 g/mol. The van der Waals surface area contributed by atoms with Crippen LogP contribution in [0.5, 0.6) is 0 Å². The molecule has 0 rings (SSSR count). The van der Waals surface area contributed by atoms with Crippen molar-refractivity contribution in [3.8, 4) is 0 Å². The van der Waals surface area contributed by atoms with Gasteiger partial charge in [0, 0.05) is 12.8 Å². The van der Waals surface area contributed by atoms with Crippen LogP contribution in [0.3, 0.4) is 0 Å². The van der Waals surface area contributed by atoms with Crippen LogP contribution in [0, 0.1) is 0 Å². The molecule has 97 heavy (non-hydrogen) atoms. The number of allylic oxidation sites excluding steroid dienone is 14. The second kappa shape index (κ2) is 78.2. The molecular formula is C88H160NO8+. The van der Waals surface area contributed by atoms with Gasteiger partial charge in [-0.2, -0.15) is 0 Å². The van der Waals surface area contributed by atoms with Crippen LogP contribution >= 0.6 is 0 Å². The summed E-state index contributed by atoms with van der Waals surface area (Å²) in [6, 6.07) is 0. The maximum atomic E-state index is 13.0. The summed E-state index contributed by atoms with van der Waals surface area (Å²) in [5, 5.41) is 9.78. The molecule has 0 aromatic rings. The second-order valence-corrected chi connectivity index (χ2v) is 29.4. The highest BCUT2D eigenvalue weighted by Gasteiger charge is 2.25. The first-order valence-corrected chi connectivity index (χ1v) is 41.8. The van der Waals surface area contributed by atoms with Crippen molar-refractivity contribution in [2.45, 2.75) is 411 Å². The number of hydrogen-bond acceptors (Lipinski definition) is 7. The van der Waals surface area contributed by atoms with E-state index in [1.165, 1.54) is 295 Å². The number of rotatable bonds is 78. The van der Waals surface area contributed by atoms with E-state index in [1.807, 2.05) is 21.1 Å². The van der Waals surface area contributed by atoms with E-state index in [0.717, 1.165) is 77.0 Å². The van der Waals surface area contributed by atoms with Crippen molar-refractivity contribution in [3.05, 3.63) is 85.1 Å². The van der Waals surface area contributed by atoms with Gasteiger partial charge >= 0.3 is 17.9 Å². The van der Waals surface area contributed by atoms with Gasteiger partial charge in [-0.1, -0.05) is 381 Å². The molecule has 0 spiro atoms. The largest absolute Gasteiger partial charge is 0.477 e. The Morgan fingerprint density at radius 2 is 0.588 bits per heavy atom. The highest BCUT2D eigenvalue weighted by molar-refractivity contribution is 5.71. The van der Waals surface area contributed by atoms with Crippen LogP contribution in [0.15, 0.2) is 85.1 Å². The Balaban J connectivity index is 3.94. The van der Waals surface area contributed by atoms with Gasteiger partial charge in [0.15, 0.2) is 6.10 Å². The van der Waals surface area contributed by atoms with E-state index in [2.05, 4.69) is 98.9 Å². The average Bonchev–Trinajstić information content (AvgIpc) is 3.27. The molecule has 0 radical (unpaired) electrons. The van der Waals surface area contributed by atoms with Crippen molar-refractivity contribution in [1.82, 2.24) is 0 Å². The summed E-state index contributed by atoms with van der Waals surface area (Å²) >= 11 is 0. The zero-order valence-electron chi connectivity index (χ0n) is 64.7. The molecule has 0 aliphatic carbocycles. The van der Waals surface area contributed by atoms with Gasteiger partial charge in [-0.05, 0) is 89.9 Å². The maximum Gasteiger partial charge on any atom is 0.361 e. The highest BCUT2D eigenvalue weighted by atomic mass is 16.7. The quantitative estimate of drug-likeness (QED) is 0.0211. The van der Waals surface area contributed by atoms with Gasteiger partial charge in [0.2, 0.25) is 0 Å². The first-order chi connectivity index (χ1) is 47.6. The van der Waals surface area contributed by atoms with Gasteiger partial charge in [0.05, 0.1) is 34.4 Å². The number of ether oxygens (including phenoxy) is 4. The summed E-state index contributed by atoms with van der Waals surface area (Å²) in [6.07, 6.45) is 105. The molecule has 564 valence electrons. The van der Waals surface area contributed by atoms with Gasteiger partial charge < -0.3 is 28.5 Å². The summed E-state index contributed by atoms with van der Waals surface area (Å²) in [7, 11) is 6.00. The second-order valence-electron chi connectivity index (χ2n) is 29.4. The number of aliphatic carboxylic acids is 1. The molecule has 2 atom stereocenters. The van der Waals surface area contributed by atoms with E-state index >= 15 is 0 Å². The number of carbonyl (C=O) groups is 3. The van der Waals surface area contributed by atoms with Crippen LogP contribution in [0.4, 0.5) is 0 Å². The van der Waals surface area contributed by atoms with Gasteiger partial charge in [0.1, 0.15) is 13.2 Å². The molecule has 9 nitrogen and oxygen atoms in total. The minimum atomic E-state index is -1.51. The fourth-order valence-electron chi connectivity index (χ4n) is 12.3. The fraction of sp³-hybridized carbons (Fsp3) is 0.807. The standard InChI is InChI=1S/C88H159NO8/c1-6-8-10-12-14-16-18-20-22-24-26-28-30-32-34-36-38-39-40-41-42-43-44-45-46-47-49-51-53-55-57-59-61-63-65-67-69-71-73-75-77-79-86(91)97-84(83-96-88(87(92)93)94-81-80-89(3,4)5)82-95-85(90)78-76-74-72-70-68-66-64-62-60-58-56-54-52-50-48-37-35-33-31-29-27-25-23-21-19-17-15-13-11-9-7-2/h8,10,14,16,19-22,25-28,31,33,84,88H,6-7,9,11-13,15,17-18,23-24,29-30,32,34-83H2,1-5H3/p+1/b10-8-,16-14-,21-19-,22-20-,27-25-,28-26-,33-31-. The third kappa shape index (κ3) is 79.7.